The quantitative estimate of drug-likeness (QED) is 0.635. The Kier molecular flexibility index (Phi) is 5.60. The van der Waals surface area contributed by atoms with Crippen molar-refractivity contribution in [3.8, 4) is 5.82 Å². The van der Waals surface area contributed by atoms with Crippen LogP contribution in [0.5, 0.6) is 0 Å². The molecule has 0 aliphatic carbocycles. The van der Waals surface area contributed by atoms with Gasteiger partial charge < -0.3 is 19.7 Å². The van der Waals surface area contributed by atoms with E-state index in [1.54, 1.807) is 0 Å². The Bertz CT molecular complexity index is 966. The monoisotopic (exact) mass is 406 g/mol. The first kappa shape index (κ1) is 19.5. The maximum atomic E-state index is 5.74. The molecule has 6 nitrogen and oxygen atoms in total. The molecule has 3 aromatic heterocycles. The topological polar surface area (TPSA) is 49.2 Å². The maximum Gasteiger partial charge on any atom is 0.170 e. The lowest BCUT2D eigenvalue weighted by molar-refractivity contribution is 0.272. The average Bonchev–Trinajstić information content (AvgIpc) is 3.32. The summed E-state index contributed by atoms with van der Waals surface area (Å²) in [7, 11) is 4.16. The molecule has 1 saturated heterocycles. The molecule has 3 aromatic rings. The van der Waals surface area contributed by atoms with Gasteiger partial charge in [-0.3, -0.25) is 4.98 Å². The first-order chi connectivity index (χ1) is 14.0. The Hall–Kier alpha value is -2.77. The zero-order chi connectivity index (χ0) is 20.4. The van der Waals surface area contributed by atoms with Crippen molar-refractivity contribution in [3.63, 3.8) is 0 Å². The number of aromatic nitrogens is 3. The molecule has 0 unspecified atom stereocenters. The van der Waals surface area contributed by atoms with Gasteiger partial charge in [0.15, 0.2) is 5.11 Å². The molecule has 1 aliphatic heterocycles. The lowest BCUT2D eigenvalue weighted by Gasteiger charge is -2.29. The summed E-state index contributed by atoms with van der Waals surface area (Å²) in [5, 5.41) is 4.27. The maximum absolute atomic E-state index is 5.74. The summed E-state index contributed by atoms with van der Waals surface area (Å²) in [5.41, 5.74) is 3.27. The molecule has 4 rings (SSSR count). The van der Waals surface area contributed by atoms with E-state index in [4.69, 9.17) is 12.2 Å². The van der Waals surface area contributed by atoms with E-state index in [0.29, 0.717) is 0 Å². The fraction of sp³-hybridized carbons (Fsp3) is 0.318. The van der Waals surface area contributed by atoms with E-state index in [0.717, 1.165) is 41.0 Å². The fourth-order valence-electron chi connectivity index (χ4n) is 3.72. The van der Waals surface area contributed by atoms with Gasteiger partial charge in [-0.2, -0.15) is 0 Å². The summed E-state index contributed by atoms with van der Waals surface area (Å²) in [6.45, 7) is 3.79. The van der Waals surface area contributed by atoms with E-state index in [1.165, 1.54) is 0 Å². The molecule has 0 spiro atoms. The van der Waals surface area contributed by atoms with Crippen molar-refractivity contribution >= 4 is 17.3 Å². The second-order valence-corrected chi connectivity index (χ2v) is 8.01. The fourth-order valence-corrected chi connectivity index (χ4v) is 4.05. The van der Waals surface area contributed by atoms with Crippen molar-refractivity contribution in [1.82, 2.24) is 29.7 Å². The molecule has 4 heterocycles. The van der Waals surface area contributed by atoms with Crippen molar-refractivity contribution in [3.05, 3.63) is 78.0 Å². The number of likely N-dealkylation sites (N-methyl/N-ethyl adjacent to an activating group) is 1. The van der Waals surface area contributed by atoms with Crippen molar-refractivity contribution in [1.29, 1.82) is 0 Å². The molecule has 0 bridgehead atoms. The minimum Gasteiger partial charge on any atom is -0.352 e. The van der Waals surface area contributed by atoms with E-state index < -0.39 is 0 Å². The Labute approximate surface area is 177 Å². The summed E-state index contributed by atoms with van der Waals surface area (Å²) < 4.78 is 2.15. The van der Waals surface area contributed by atoms with Gasteiger partial charge in [0.05, 0.1) is 17.8 Å². The van der Waals surface area contributed by atoms with Gasteiger partial charge in [0.1, 0.15) is 5.82 Å². The SMILES string of the molecule is Cc1ccc(-n2cccc2[C@H]2[C@@H](c3ccccn3)NC(=S)N2CCN(C)C)nc1. The molecule has 150 valence electrons. The molecule has 2 atom stereocenters. The molecule has 0 aromatic carbocycles. The smallest absolute Gasteiger partial charge is 0.170 e. The highest BCUT2D eigenvalue weighted by atomic mass is 32.1. The zero-order valence-electron chi connectivity index (χ0n) is 17.0. The molecule has 0 radical (unpaired) electrons. The average molecular weight is 407 g/mol. The number of nitrogens with one attached hydrogen (secondary N) is 1. The zero-order valence-corrected chi connectivity index (χ0v) is 17.8. The van der Waals surface area contributed by atoms with Crippen molar-refractivity contribution in [2.24, 2.45) is 0 Å². The van der Waals surface area contributed by atoms with Gasteiger partial charge in [-0.1, -0.05) is 12.1 Å². The number of aryl methyl sites for hydroxylation is 1. The van der Waals surface area contributed by atoms with Crippen molar-refractivity contribution in [2.45, 2.75) is 19.0 Å². The standard InChI is InChI=1S/C22H26N6S/c1-16-9-10-19(24-15-16)27-12-6-8-18(27)21-20(17-7-4-5-11-23-17)25-22(29)28(21)14-13-26(2)3/h4-12,15,20-21H,13-14H2,1-3H3,(H,25,29)/t20-,21+/m1/s1. The van der Waals surface area contributed by atoms with E-state index >= 15 is 0 Å². The number of thiocarbonyl (C=S) groups is 1. The van der Waals surface area contributed by atoms with Crippen LogP contribution in [0.4, 0.5) is 0 Å². The van der Waals surface area contributed by atoms with Crippen LogP contribution in [0.1, 0.15) is 29.0 Å². The summed E-state index contributed by atoms with van der Waals surface area (Å²) in [6.07, 6.45) is 5.80. The molecular weight excluding hydrogens is 380 g/mol. The lowest BCUT2D eigenvalue weighted by atomic mass is 10.0. The van der Waals surface area contributed by atoms with Gasteiger partial charge in [-0.25, -0.2) is 4.98 Å². The number of pyridine rings is 2. The second-order valence-electron chi connectivity index (χ2n) is 7.62. The molecule has 1 fully saturated rings. The minimum atomic E-state index is -0.0232. The van der Waals surface area contributed by atoms with Crippen LogP contribution in [0.3, 0.4) is 0 Å². The third-order valence-corrected chi connectivity index (χ3v) is 5.56. The third-order valence-electron chi connectivity index (χ3n) is 5.21. The Balaban J connectivity index is 1.77. The highest BCUT2D eigenvalue weighted by molar-refractivity contribution is 7.80. The molecule has 29 heavy (non-hydrogen) atoms. The van der Waals surface area contributed by atoms with Crippen molar-refractivity contribution in [2.75, 3.05) is 27.2 Å². The third kappa shape index (κ3) is 4.02. The van der Waals surface area contributed by atoms with Crippen LogP contribution in [-0.2, 0) is 0 Å². The summed E-state index contributed by atoms with van der Waals surface area (Å²) in [4.78, 5) is 13.7. The van der Waals surface area contributed by atoms with Gasteiger partial charge in [-0.05, 0) is 69.1 Å². The Morgan fingerprint density at radius 3 is 2.66 bits per heavy atom. The summed E-state index contributed by atoms with van der Waals surface area (Å²) >= 11 is 5.74. The van der Waals surface area contributed by atoms with Crippen LogP contribution in [0, 0.1) is 6.92 Å². The Morgan fingerprint density at radius 1 is 1.10 bits per heavy atom. The normalized spacial score (nSPS) is 19.0. The van der Waals surface area contributed by atoms with Crippen LogP contribution in [0.25, 0.3) is 5.82 Å². The first-order valence-electron chi connectivity index (χ1n) is 9.77. The van der Waals surface area contributed by atoms with Crippen LogP contribution >= 0.6 is 12.2 Å². The molecule has 0 saturated carbocycles. The van der Waals surface area contributed by atoms with E-state index in [1.807, 2.05) is 31.5 Å². The van der Waals surface area contributed by atoms with E-state index in [9.17, 15) is 0 Å². The Morgan fingerprint density at radius 2 is 1.97 bits per heavy atom. The lowest BCUT2D eigenvalue weighted by Crippen LogP contribution is -2.36. The van der Waals surface area contributed by atoms with Crippen LogP contribution in [0.2, 0.25) is 0 Å². The number of nitrogens with zero attached hydrogens (tertiary/aromatic N) is 5. The summed E-state index contributed by atoms with van der Waals surface area (Å²) in [6, 6.07) is 14.4. The van der Waals surface area contributed by atoms with Crippen molar-refractivity contribution < 1.29 is 0 Å². The van der Waals surface area contributed by atoms with Crippen LogP contribution < -0.4 is 5.32 Å². The number of hydrogen-bond donors (Lipinski definition) is 1. The predicted octanol–water partition coefficient (Wildman–Crippen LogP) is 3.11. The minimum absolute atomic E-state index is 0.0232. The largest absolute Gasteiger partial charge is 0.352 e. The predicted molar refractivity (Wildman–Crippen MR) is 119 cm³/mol. The highest BCUT2D eigenvalue weighted by Crippen LogP contribution is 2.39. The van der Waals surface area contributed by atoms with Crippen LogP contribution in [0.15, 0.2) is 61.1 Å². The molecule has 0 amide bonds. The number of rotatable bonds is 6. The van der Waals surface area contributed by atoms with Gasteiger partial charge in [0.2, 0.25) is 0 Å². The summed E-state index contributed by atoms with van der Waals surface area (Å²) in [5.74, 6) is 0.903. The number of hydrogen-bond acceptors (Lipinski definition) is 4. The first-order valence-corrected chi connectivity index (χ1v) is 10.2. The van der Waals surface area contributed by atoms with E-state index in [2.05, 4.69) is 80.3 Å². The van der Waals surface area contributed by atoms with Gasteiger partial charge >= 0.3 is 0 Å². The molecular formula is C22H26N6S. The highest BCUT2D eigenvalue weighted by Gasteiger charge is 2.41. The van der Waals surface area contributed by atoms with Gasteiger partial charge in [0, 0.05) is 37.4 Å². The van der Waals surface area contributed by atoms with Crippen LogP contribution in [-0.4, -0.2) is 56.6 Å². The molecule has 1 N–H and O–H groups in total. The molecule has 1 aliphatic rings. The second kappa shape index (κ2) is 8.31. The van der Waals surface area contributed by atoms with Gasteiger partial charge in [0.25, 0.3) is 0 Å². The van der Waals surface area contributed by atoms with E-state index in [-0.39, 0.29) is 12.1 Å². The molecule has 7 heteroatoms. The van der Waals surface area contributed by atoms with Gasteiger partial charge in [-0.15, -0.1) is 0 Å².